The Labute approximate surface area is 158 Å². The van der Waals surface area contributed by atoms with Crippen molar-refractivity contribution < 1.29 is 9.59 Å². The third-order valence-corrected chi connectivity index (χ3v) is 5.15. The first-order valence-electron chi connectivity index (χ1n) is 10.4. The van der Waals surface area contributed by atoms with Gasteiger partial charge in [-0.25, -0.2) is 0 Å². The van der Waals surface area contributed by atoms with Crippen molar-refractivity contribution in [3.8, 4) is 0 Å². The van der Waals surface area contributed by atoms with Crippen LogP contribution in [0.1, 0.15) is 89.0 Å². The average molecular weight is 359 g/mol. The maximum absolute atomic E-state index is 12.1. The van der Waals surface area contributed by atoms with E-state index >= 15 is 0 Å². The molecular formula is C22H34N2O2. The van der Waals surface area contributed by atoms with Crippen LogP contribution in [-0.2, 0) is 9.59 Å². The van der Waals surface area contributed by atoms with Crippen LogP contribution in [0.4, 0.5) is 5.69 Å². The van der Waals surface area contributed by atoms with Crippen molar-refractivity contribution in [3.05, 3.63) is 29.8 Å². The highest BCUT2D eigenvalue weighted by Crippen LogP contribution is 2.34. The minimum absolute atomic E-state index is 0.0298. The first-order valence-corrected chi connectivity index (χ1v) is 10.4. The van der Waals surface area contributed by atoms with Crippen molar-refractivity contribution in [1.29, 1.82) is 0 Å². The number of hydrogen-bond acceptors (Lipinski definition) is 2. The van der Waals surface area contributed by atoms with Gasteiger partial charge in [-0.2, -0.15) is 0 Å². The number of nitrogens with one attached hydrogen (secondary N) is 2. The molecule has 0 bridgehead atoms. The van der Waals surface area contributed by atoms with Crippen LogP contribution >= 0.6 is 0 Å². The van der Waals surface area contributed by atoms with Gasteiger partial charge < -0.3 is 10.6 Å². The Morgan fingerprint density at radius 3 is 2.27 bits per heavy atom. The number of hydrogen-bond donors (Lipinski definition) is 2. The van der Waals surface area contributed by atoms with E-state index in [-0.39, 0.29) is 24.2 Å². The Bertz CT molecular complexity index is 571. The fourth-order valence-corrected chi connectivity index (χ4v) is 3.58. The summed E-state index contributed by atoms with van der Waals surface area (Å²) in [6.07, 6.45) is 13.1. The van der Waals surface area contributed by atoms with Crippen LogP contribution in [0.3, 0.4) is 0 Å². The number of fused-ring (bicyclic) bond motifs is 1. The van der Waals surface area contributed by atoms with E-state index in [1.54, 1.807) is 0 Å². The zero-order valence-corrected chi connectivity index (χ0v) is 16.2. The van der Waals surface area contributed by atoms with E-state index in [2.05, 4.69) is 17.6 Å². The van der Waals surface area contributed by atoms with Gasteiger partial charge >= 0.3 is 0 Å². The van der Waals surface area contributed by atoms with Gasteiger partial charge in [-0.3, -0.25) is 9.59 Å². The highest BCUT2D eigenvalue weighted by molar-refractivity contribution is 6.04. The van der Waals surface area contributed by atoms with Gasteiger partial charge in [0.1, 0.15) is 0 Å². The number of benzene rings is 1. The lowest BCUT2D eigenvalue weighted by molar-refractivity contribution is -0.125. The smallest absolute Gasteiger partial charge is 0.232 e. The number of unbranched alkanes of at least 4 members (excludes halogenated alkanes) is 9. The van der Waals surface area contributed by atoms with E-state index < -0.39 is 0 Å². The average Bonchev–Trinajstić information content (AvgIpc) is 2.95. The molecule has 4 nitrogen and oxygen atoms in total. The van der Waals surface area contributed by atoms with Crippen LogP contribution < -0.4 is 10.6 Å². The molecule has 1 atom stereocenters. The normalized spacial score (nSPS) is 15.6. The summed E-state index contributed by atoms with van der Waals surface area (Å²) >= 11 is 0. The minimum atomic E-state index is -0.348. The van der Waals surface area contributed by atoms with Crippen LogP contribution in [0, 0.1) is 0 Å². The molecule has 144 valence electrons. The predicted octanol–water partition coefficient (Wildman–Crippen LogP) is 5.15. The summed E-state index contributed by atoms with van der Waals surface area (Å²) in [6.45, 7) is 2.96. The standard InChI is InChI=1S/C22H34N2O2/c1-2-3-4-5-6-7-8-9-10-13-16-23-21(25)17-19-18-14-11-12-15-20(18)24-22(19)26/h11-12,14-15,19H,2-10,13,16-17H2,1H3,(H,23,25)(H,24,26). The van der Waals surface area contributed by atoms with Gasteiger partial charge in [-0.15, -0.1) is 0 Å². The molecule has 2 rings (SSSR count). The molecule has 0 aromatic heterocycles. The molecule has 0 saturated carbocycles. The maximum atomic E-state index is 12.1. The van der Waals surface area contributed by atoms with E-state index in [1.165, 1.54) is 57.8 Å². The highest BCUT2D eigenvalue weighted by Gasteiger charge is 2.31. The lowest BCUT2D eigenvalue weighted by atomic mass is 9.97. The van der Waals surface area contributed by atoms with Crippen LogP contribution in [0.25, 0.3) is 0 Å². The van der Waals surface area contributed by atoms with Gasteiger partial charge in [-0.05, 0) is 18.1 Å². The molecule has 4 heteroatoms. The first-order chi connectivity index (χ1) is 12.7. The van der Waals surface area contributed by atoms with E-state index in [9.17, 15) is 9.59 Å². The molecule has 2 N–H and O–H groups in total. The number of para-hydroxylation sites is 1. The minimum Gasteiger partial charge on any atom is -0.356 e. The fourth-order valence-electron chi connectivity index (χ4n) is 3.58. The van der Waals surface area contributed by atoms with E-state index in [4.69, 9.17) is 0 Å². The summed E-state index contributed by atoms with van der Waals surface area (Å²) in [5.74, 6) is -0.447. The molecule has 0 spiro atoms. The van der Waals surface area contributed by atoms with E-state index in [1.807, 2.05) is 24.3 Å². The summed E-state index contributed by atoms with van der Waals surface area (Å²) in [5.41, 5.74) is 1.77. The van der Waals surface area contributed by atoms with Gasteiger partial charge in [0.05, 0.1) is 5.92 Å². The molecule has 0 saturated heterocycles. The molecule has 1 unspecified atom stereocenters. The number of carbonyl (C=O) groups is 2. The van der Waals surface area contributed by atoms with Crippen LogP contribution in [0.5, 0.6) is 0 Å². The number of amides is 2. The third-order valence-electron chi connectivity index (χ3n) is 5.15. The topological polar surface area (TPSA) is 58.2 Å². The quantitative estimate of drug-likeness (QED) is 0.479. The second-order valence-corrected chi connectivity index (χ2v) is 7.37. The molecule has 26 heavy (non-hydrogen) atoms. The van der Waals surface area contributed by atoms with Crippen LogP contribution in [0.2, 0.25) is 0 Å². The van der Waals surface area contributed by atoms with Crippen molar-refractivity contribution in [2.45, 2.75) is 83.5 Å². The lowest BCUT2D eigenvalue weighted by Gasteiger charge is -2.09. The summed E-state index contributed by atoms with van der Waals surface area (Å²) in [4.78, 5) is 24.2. The Hall–Kier alpha value is -1.84. The van der Waals surface area contributed by atoms with Gasteiger partial charge in [0.25, 0.3) is 0 Å². The highest BCUT2D eigenvalue weighted by atomic mass is 16.2. The van der Waals surface area contributed by atoms with Crippen molar-refractivity contribution >= 4 is 17.5 Å². The second kappa shape index (κ2) is 11.7. The van der Waals surface area contributed by atoms with Crippen molar-refractivity contribution in [1.82, 2.24) is 5.32 Å². The van der Waals surface area contributed by atoms with Crippen molar-refractivity contribution in [3.63, 3.8) is 0 Å². The van der Waals surface area contributed by atoms with Gasteiger partial charge in [0, 0.05) is 18.7 Å². The van der Waals surface area contributed by atoms with E-state index in [0.29, 0.717) is 6.54 Å². The predicted molar refractivity (Wildman–Crippen MR) is 107 cm³/mol. The summed E-state index contributed by atoms with van der Waals surface area (Å²) in [7, 11) is 0. The zero-order chi connectivity index (χ0) is 18.6. The van der Waals surface area contributed by atoms with Gasteiger partial charge in [0.2, 0.25) is 11.8 Å². The van der Waals surface area contributed by atoms with Crippen LogP contribution in [-0.4, -0.2) is 18.4 Å². The Morgan fingerprint density at radius 2 is 1.58 bits per heavy atom. The zero-order valence-electron chi connectivity index (χ0n) is 16.2. The molecule has 0 aliphatic carbocycles. The van der Waals surface area contributed by atoms with Crippen LogP contribution in [0.15, 0.2) is 24.3 Å². The maximum Gasteiger partial charge on any atom is 0.232 e. The first kappa shape index (κ1) is 20.5. The molecule has 0 radical (unpaired) electrons. The van der Waals surface area contributed by atoms with Crippen molar-refractivity contribution in [2.24, 2.45) is 0 Å². The number of carbonyl (C=O) groups excluding carboxylic acids is 2. The number of anilines is 1. The lowest BCUT2D eigenvalue weighted by Crippen LogP contribution is -2.27. The van der Waals surface area contributed by atoms with Gasteiger partial charge in [-0.1, -0.05) is 82.9 Å². The Morgan fingerprint density at radius 1 is 0.962 bits per heavy atom. The summed E-state index contributed by atoms with van der Waals surface area (Å²) in [5, 5.41) is 5.81. The molecule has 0 fully saturated rings. The SMILES string of the molecule is CCCCCCCCCCCCNC(=O)CC1C(=O)Nc2ccccc21. The van der Waals surface area contributed by atoms with Gasteiger partial charge in [0.15, 0.2) is 0 Å². The Kier molecular flexibility index (Phi) is 9.22. The molecular weight excluding hydrogens is 324 g/mol. The molecule has 1 heterocycles. The fraction of sp³-hybridized carbons (Fsp3) is 0.636. The Balaban J connectivity index is 1.50. The largest absolute Gasteiger partial charge is 0.356 e. The second-order valence-electron chi connectivity index (χ2n) is 7.37. The number of rotatable bonds is 13. The molecule has 1 aromatic rings. The summed E-state index contributed by atoms with van der Waals surface area (Å²) < 4.78 is 0. The third kappa shape index (κ3) is 6.81. The van der Waals surface area contributed by atoms with Crippen molar-refractivity contribution in [2.75, 3.05) is 11.9 Å². The molecule has 1 aliphatic heterocycles. The molecule has 2 amide bonds. The van der Waals surface area contributed by atoms with E-state index in [0.717, 1.165) is 17.7 Å². The molecule has 1 aliphatic rings. The monoisotopic (exact) mass is 358 g/mol. The summed E-state index contributed by atoms with van der Waals surface area (Å²) in [6, 6.07) is 7.61. The molecule has 1 aromatic carbocycles.